The van der Waals surface area contributed by atoms with Crippen LogP contribution >= 0.6 is 23.2 Å². The van der Waals surface area contributed by atoms with Crippen LogP contribution in [0, 0.1) is 5.92 Å². The largest absolute Gasteiger partial charge is 0.481 e. The summed E-state index contributed by atoms with van der Waals surface area (Å²) in [6.07, 6.45) is -2.00. The molecule has 0 aliphatic carbocycles. The lowest BCUT2D eigenvalue weighted by Crippen LogP contribution is -2.45. The molecule has 0 saturated heterocycles. The maximum absolute atomic E-state index is 13.0. The number of carbonyl (C=O) groups is 4. The van der Waals surface area contributed by atoms with Crippen molar-refractivity contribution in [2.75, 3.05) is 0 Å². The Morgan fingerprint density at radius 3 is 2.38 bits per heavy atom. The molecule has 0 radical (unpaired) electrons. The number of carboxylic acids is 2. The summed E-state index contributed by atoms with van der Waals surface area (Å²) < 4.78 is 5.74. The number of fused-ring (bicyclic) bond motifs is 1. The van der Waals surface area contributed by atoms with Gasteiger partial charge in [0.1, 0.15) is 11.8 Å². The molecule has 9 nitrogen and oxygen atoms in total. The Bertz CT molecular complexity index is 1330. The summed E-state index contributed by atoms with van der Waals surface area (Å²) in [6, 6.07) is 14.7. The minimum absolute atomic E-state index is 0.0729. The third kappa shape index (κ3) is 7.90. The second-order valence-corrected chi connectivity index (χ2v) is 9.29. The Kier molecular flexibility index (Phi) is 9.43. The van der Waals surface area contributed by atoms with Gasteiger partial charge < -0.3 is 20.3 Å². The zero-order valence-electron chi connectivity index (χ0n) is 19.7. The number of carboxylic acid groups (broad SMARTS) is 2. The van der Waals surface area contributed by atoms with E-state index >= 15 is 0 Å². The first-order valence-electron chi connectivity index (χ1n) is 11.3. The highest BCUT2D eigenvalue weighted by atomic mass is 35.5. The lowest BCUT2D eigenvalue weighted by atomic mass is 9.99. The van der Waals surface area contributed by atoms with Crippen molar-refractivity contribution in [3.05, 3.63) is 75.9 Å². The van der Waals surface area contributed by atoms with Crippen molar-refractivity contribution in [3.63, 3.8) is 0 Å². The molecular formula is C26H24Cl2N2O7. The molecule has 3 aromatic rings. The van der Waals surface area contributed by atoms with Crippen molar-refractivity contribution in [2.24, 2.45) is 5.92 Å². The highest BCUT2D eigenvalue weighted by Gasteiger charge is 2.28. The average Bonchev–Trinajstić information content (AvgIpc) is 2.84. The van der Waals surface area contributed by atoms with Gasteiger partial charge >= 0.3 is 17.9 Å². The van der Waals surface area contributed by atoms with Crippen molar-refractivity contribution in [2.45, 2.75) is 38.3 Å². The molecule has 1 heterocycles. The third-order valence-corrected chi connectivity index (χ3v) is 6.37. The van der Waals surface area contributed by atoms with E-state index < -0.39 is 54.7 Å². The highest BCUT2D eigenvalue weighted by Crippen LogP contribution is 2.24. The van der Waals surface area contributed by atoms with E-state index in [1.165, 1.54) is 6.07 Å². The lowest BCUT2D eigenvalue weighted by Gasteiger charge is -2.26. The van der Waals surface area contributed by atoms with E-state index in [1.54, 1.807) is 43.3 Å². The number of halogens is 2. The molecule has 0 spiro atoms. The van der Waals surface area contributed by atoms with Crippen LogP contribution in [0.25, 0.3) is 10.9 Å². The van der Waals surface area contributed by atoms with Gasteiger partial charge in [0, 0.05) is 18.2 Å². The van der Waals surface area contributed by atoms with E-state index in [-0.39, 0.29) is 12.1 Å². The molecule has 37 heavy (non-hydrogen) atoms. The molecule has 0 fully saturated rings. The van der Waals surface area contributed by atoms with Crippen LogP contribution in [-0.2, 0) is 25.5 Å². The summed E-state index contributed by atoms with van der Waals surface area (Å²) in [6.45, 7) is 1.59. The number of esters is 1. The summed E-state index contributed by atoms with van der Waals surface area (Å²) in [5.74, 6) is -5.54. The monoisotopic (exact) mass is 546 g/mol. The molecular weight excluding hydrogens is 523 g/mol. The number of para-hydroxylation sites is 1. The number of nitrogens with one attached hydrogen (secondary N) is 1. The van der Waals surface area contributed by atoms with Crippen LogP contribution in [0.15, 0.2) is 54.6 Å². The van der Waals surface area contributed by atoms with Crippen molar-refractivity contribution < 1.29 is 34.1 Å². The SMILES string of the molecule is C[C@H](NC(=O)C[C@@H](CC(=O)O)C(=O)O)[C@@H](Cc1ccc(Cl)c(Cl)c1)OC(=O)c1ccc2ccccc2n1. The van der Waals surface area contributed by atoms with Crippen LogP contribution in [0.2, 0.25) is 10.0 Å². The van der Waals surface area contributed by atoms with E-state index in [0.29, 0.717) is 21.1 Å². The molecule has 1 aromatic heterocycles. The third-order valence-electron chi connectivity index (χ3n) is 5.64. The zero-order chi connectivity index (χ0) is 27.1. The highest BCUT2D eigenvalue weighted by molar-refractivity contribution is 6.42. The molecule has 3 N–H and O–H groups in total. The Labute approximate surface area is 222 Å². The number of carbonyl (C=O) groups excluding carboxylic acids is 2. The van der Waals surface area contributed by atoms with Gasteiger partial charge in [-0.05, 0) is 36.8 Å². The summed E-state index contributed by atoms with van der Waals surface area (Å²) in [5.41, 5.74) is 1.36. The molecule has 194 valence electrons. The van der Waals surface area contributed by atoms with Gasteiger partial charge in [-0.15, -0.1) is 0 Å². The molecule has 0 bridgehead atoms. The molecule has 3 atom stereocenters. The Hall–Kier alpha value is -3.69. The fraction of sp³-hybridized carbons (Fsp3) is 0.269. The molecule has 2 aromatic carbocycles. The van der Waals surface area contributed by atoms with Crippen molar-refractivity contribution in [1.29, 1.82) is 0 Å². The molecule has 0 saturated carbocycles. The average molecular weight is 547 g/mol. The van der Waals surface area contributed by atoms with Gasteiger partial charge in [0.05, 0.1) is 33.9 Å². The van der Waals surface area contributed by atoms with Crippen LogP contribution in [-0.4, -0.2) is 51.2 Å². The minimum atomic E-state index is -1.40. The Morgan fingerprint density at radius 1 is 0.973 bits per heavy atom. The van der Waals surface area contributed by atoms with Gasteiger partial charge in [-0.25, -0.2) is 9.78 Å². The van der Waals surface area contributed by atoms with Crippen molar-refractivity contribution in [1.82, 2.24) is 10.3 Å². The van der Waals surface area contributed by atoms with Gasteiger partial charge in [0.15, 0.2) is 0 Å². The van der Waals surface area contributed by atoms with E-state index in [0.717, 1.165) is 5.39 Å². The first kappa shape index (κ1) is 27.9. The summed E-state index contributed by atoms with van der Waals surface area (Å²) in [5, 5.41) is 22.3. The normalized spacial score (nSPS) is 13.4. The number of hydrogen-bond donors (Lipinski definition) is 3. The van der Waals surface area contributed by atoms with Gasteiger partial charge in [-0.3, -0.25) is 14.4 Å². The van der Waals surface area contributed by atoms with Crippen LogP contribution in [0.3, 0.4) is 0 Å². The summed E-state index contributed by atoms with van der Waals surface area (Å²) in [4.78, 5) is 52.2. The van der Waals surface area contributed by atoms with Crippen LogP contribution in [0.1, 0.15) is 35.8 Å². The second-order valence-electron chi connectivity index (χ2n) is 8.48. The van der Waals surface area contributed by atoms with Crippen LogP contribution in [0.5, 0.6) is 0 Å². The topological polar surface area (TPSA) is 143 Å². The second kappa shape index (κ2) is 12.5. The lowest BCUT2D eigenvalue weighted by molar-refractivity contribution is -0.149. The maximum Gasteiger partial charge on any atom is 0.357 e. The first-order chi connectivity index (χ1) is 17.5. The number of nitrogens with zero attached hydrogens (tertiary/aromatic N) is 1. The Morgan fingerprint density at radius 2 is 1.70 bits per heavy atom. The number of pyridine rings is 1. The number of benzene rings is 2. The smallest absolute Gasteiger partial charge is 0.357 e. The molecule has 0 aliphatic rings. The van der Waals surface area contributed by atoms with Gasteiger partial charge in [-0.1, -0.05) is 53.5 Å². The predicted octanol–water partition coefficient (Wildman–Crippen LogP) is 4.38. The fourth-order valence-corrected chi connectivity index (χ4v) is 4.00. The number of rotatable bonds is 11. The number of amides is 1. The molecule has 3 rings (SSSR count). The molecule has 0 aliphatic heterocycles. The summed E-state index contributed by atoms with van der Waals surface area (Å²) in [7, 11) is 0. The van der Waals surface area contributed by atoms with E-state index in [9.17, 15) is 24.3 Å². The van der Waals surface area contributed by atoms with Gasteiger partial charge in [0.2, 0.25) is 5.91 Å². The first-order valence-corrected chi connectivity index (χ1v) is 12.0. The van der Waals surface area contributed by atoms with Gasteiger partial charge in [0.25, 0.3) is 0 Å². The molecule has 0 unspecified atom stereocenters. The van der Waals surface area contributed by atoms with E-state index in [1.807, 2.05) is 12.1 Å². The Balaban J connectivity index is 1.79. The fourth-order valence-electron chi connectivity index (χ4n) is 3.68. The minimum Gasteiger partial charge on any atom is -0.481 e. The van der Waals surface area contributed by atoms with Crippen molar-refractivity contribution >= 4 is 57.9 Å². The van der Waals surface area contributed by atoms with Crippen LogP contribution in [0.4, 0.5) is 0 Å². The summed E-state index contributed by atoms with van der Waals surface area (Å²) >= 11 is 12.1. The van der Waals surface area contributed by atoms with E-state index in [2.05, 4.69) is 10.3 Å². The zero-order valence-corrected chi connectivity index (χ0v) is 21.2. The molecule has 1 amide bonds. The maximum atomic E-state index is 13.0. The number of aromatic nitrogens is 1. The van der Waals surface area contributed by atoms with Crippen molar-refractivity contribution in [3.8, 4) is 0 Å². The quantitative estimate of drug-likeness (QED) is 0.300. The number of aliphatic carboxylic acids is 2. The predicted molar refractivity (Wildman–Crippen MR) is 137 cm³/mol. The van der Waals surface area contributed by atoms with Gasteiger partial charge in [-0.2, -0.15) is 0 Å². The standard InChI is InChI=1S/C26H24Cl2N2O7/c1-14(29-23(31)12-17(25(34)35)13-24(32)33)22(11-15-6-8-18(27)19(28)10-15)37-26(36)21-9-7-16-4-2-3-5-20(16)30-21/h2-10,14,17,22H,11-13H2,1H3,(H,29,31)(H,32,33)(H,34,35)/t14-,17-,22+/m0/s1. The number of hydrogen-bond acceptors (Lipinski definition) is 6. The molecule has 11 heteroatoms. The van der Waals surface area contributed by atoms with Crippen LogP contribution < -0.4 is 5.32 Å². The van der Waals surface area contributed by atoms with E-state index in [4.69, 9.17) is 33.0 Å². The number of ether oxygens (including phenoxy) is 1.